The van der Waals surface area contributed by atoms with Crippen molar-refractivity contribution < 1.29 is 14.6 Å². The van der Waals surface area contributed by atoms with Crippen LogP contribution in [0.5, 0.6) is 17.4 Å². The van der Waals surface area contributed by atoms with Crippen LogP contribution in [0.2, 0.25) is 0 Å². The first-order valence-electron chi connectivity index (χ1n) is 10.1. The van der Waals surface area contributed by atoms with E-state index >= 15 is 0 Å². The minimum Gasteiger partial charge on any atom is -0.506 e. The van der Waals surface area contributed by atoms with Crippen LogP contribution in [0.4, 0.5) is 0 Å². The van der Waals surface area contributed by atoms with E-state index in [9.17, 15) is 5.11 Å². The summed E-state index contributed by atoms with van der Waals surface area (Å²) in [6.07, 6.45) is 3.58. The second kappa shape index (κ2) is 6.76. The zero-order valence-corrected chi connectivity index (χ0v) is 16.6. The molecule has 5 heteroatoms. The van der Waals surface area contributed by atoms with Crippen LogP contribution in [-0.2, 0) is 4.74 Å². The van der Waals surface area contributed by atoms with Gasteiger partial charge < -0.3 is 14.6 Å². The third-order valence-corrected chi connectivity index (χ3v) is 5.94. The van der Waals surface area contributed by atoms with Gasteiger partial charge in [-0.05, 0) is 43.2 Å². The Morgan fingerprint density at radius 3 is 2.83 bits per heavy atom. The fraction of sp³-hybridized carbons (Fsp3) is 0.333. The van der Waals surface area contributed by atoms with E-state index in [4.69, 9.17) is 14.5 Å². The second-order valence-electron chi connectivity index (χ2n) is 8.55. The van der Waals surface area contributed by atoms with Crippen LogP contribution in [0, 0.1) is 5.41 Å². The van der Waals surface area contributed by atoms with Gasteiger partial charge in [-0.3, -0.25) is 0 Å². The number of phenols is 1. The molecule has 3 aromatic rings. The molecule has 0 radical (unpaired) electrons. The lowest BCUT2D eigenvalue weighted by atomic mass is 9.73. The maximum atomic E-state index is 10.0. The summed E-state index contributed by atoms with van der Waals surface area (Å²) < 4.78 is 12.3. The Kier molecular flexibility index (Phi) is 4.19. The topological polar surface area (TPSA) is 63.9 Å². The zero-order chi connectivity index (χ0) is 20.0. The third kappa shape index (κ3) is 3.31. The predicted octanol–water partition coefficient (Wildman–Crippen LogP) is 5.46. The molecule has 1 fully saturated rings. The average molecular weight is 388 g/mol. The normalized spacial score (nSPS) is 22.6. The summed E-state index contributed by atoms with van der Waals surface area (Å²) >= 11 is 0. The Balaban J connectivity index is 1.40. The largest absolute Gasteiger partial charge is 0.506 e. The first-order chi connectivity index (χ1) is 14.0. The van der Waals surface area contributed by atoms with Gasteiger partial charge in [0.25, 0.3) is 0 Å². The van der Waals surface area contributed by atoms with Crippen molar-refractivity contribution >= 4 is 16.8 Å². The molecule has 2 aromatic carbocycles. The number of phenolic OH excluding ortho intramolecular Hbond substituents is 1. The number of aliphatic imine (C=N–C) groups is 1. The Bertz CT molecular complexity index is 1110. The first-order valence-corrected chi connectivity index (χ1v) is 10.1. The summed E-state index contributed by atoms with van der Waals surface area (Å²) in [5.41, 5.74) is 1.58. The number of aromatic nitrogens is 1. The van der Waals surface area contributed by atoms with Crippen LogP contribution in [0.1, 0.15) is 38.7 Å². The van der Waals surface area contributed by atoms with E-state index in [1.165, 1.54) is 12.8 Å². The number of hydrogen-bond acceptors (Lipinski definition) is 5. The summed E-state index contributed by atoms with van der Waals surface area (Å²) in [6, 6.07) is 17.0. The Morgan fingerprint density at radius 1 is 1.10 bits per heavy atom. The smallest absolute Gasteiger partial charge is 0.219 e. The van der Waals surface area contributed by atoms with Crippen molar-refractivity contribution in [2.24, 2.45) is 10.4 Å². The van der Waals surface area contributed by atoms with Crippen molar-refractivity contribution in [1.82, 2.24) is 4.98 Å². The summed E-state index contributed by atoms with van der Waals surface area (Å²) in [5.74, 6) is 1.93. The van der Waals surface area contributed by atoms with Crippen molar-refractivity contribution in [3.63, 3.8) is 0 Å². The summed E-state index contributed by atoms with van der Waals surface area (Å²) in [4.78, 5) is 9.31. The van der Waals surface area contributed by atoms with Gasteiger partial charge in [-0.15, -0.1) is 0 Å². The van der Waals surface area contributed by atoms with Crippen LogP contribution in [-0.4, -0.2) is 28.1 Å². The highest BCUT2D eigenvalue weighted by molar-refractivity contribution is 5.96. The molecule has 1 aliphatic carbocycles. The minimum absolute atomic E-state index is 0.138. The summed E-state index contributed by atoms with van der Waals surface area (Å²) in [6.45, 7) is 4.53. The van der Waals surface area contributed by atoms with Crippen molar-refractivity contribution in [1.29, 1.82) is 0 Å². The van der Waals surface area contributed by atoms with Gasteiger partial charge in [0.2, 0.25) is 11.8 Å². The SMILES string of the molecule is CC1(C)CCC[C@@H]2N=C(c3cccc(Oc4ccc5cccc(O)c5n4)c3)O[C@@H]21. The van der Waals surface area contributed by atoms with Crippen LogP contribution < -0.4 is 4.74 Å². The molecule has 1 saturated carbocycles. The first kappa shape index (κ1) is 18.0. The Labute approximate surface area is 170 Å². The molecule has 0 saturated heterocycles. The maximum absolute atomic E-state index is 10.0. The lowest BCUT2D eigenvalue weighted by Gasteiger charge is -2.38. The molecule has 2 heterocycles. The fourth-order valence-corrected chi connectivity index (χ4v) is 4.38. The number of rotatable bonds is 3. The monoisotopic (exact) mass is 388 g/mol. The summed E-state index contributed by atoms with van der Waals surface area (Å²) in [7, 11) is 0. The average Bonchev–Trinajstić information content (AvgIpc) is 3.15. The van der Waals surface area contributed by atoms with Gasteiger partial charge in [-0.1, -0.05) is 38.5 Å². The lowest BCUT2D eigenvalue weighted by Crippen LogP contribution is -2.41. The molecule has 0 amide bonds. The molecule has 0 unspecified atom stereocenters. The van der Waals surface area contributed by atoms with Crippen LogP contribution in [0.15, 0.2) is 59.6 Å². The van der Waals surface area contributed by atoms with Crippen molar-refractivity contribution in [2.75, 3.05) is 0 Å². The fourth-order valence-electron chi connectivity index (χ4n) is 4.38. The lowest BCUT2D eigenvalue weighted by molar-refractivity contribution is 0.0303. The predicted molar refractivity (Wildman–Crippen MR) is 113 cm³/mol. The molecular weight excluding hydrogens is 364 g/mol. The molecule has 1 aromatic heterocycles. The number of ether oxygens (including phenoxy) is 2. The summed E-state index contributed by atoms with van der Waals surface area (Å²) in [5, 5.41) is 10.9. The maximum Gasteiger partial charge on any atom is 0.219 e. The van der Waals surface area contributed by atoms with E-state index in [0.29, 0.717) is 23.0 Å². The van der Waals surface area contributed by atoms with Crippen LogP contribution >= 0.6 is 0 Å². The van der Waals surface area contributed by atoms with E-state index in [1.54, 1.807) is 18.2 Å². The molecule has 148 valence electrons. The van der Waals surface area contributed by atoms with Gasteiger partial charge in [0.1, 0.15) is 23.1 Å². The van der Waals surface area contributed by atoms with Crippen molar-refractivity contribution in [3.05, 3.63) is 60.2 Å². The number of benzene rings is 2. The molecule has 29 heavy (non-hydrogen) atoms. The van der Waals surface area contributed by atoms with Gasteiger partial charge in [0, 0.05) is 22.4 Å². The zero-order valence-electron chi connectivity index (χ0n) is 16.6. The van der Waals surface area contributed by atoms with Gasteiger partial charge in [0.15, 0.2) is 0 Å². The number of pyridine rings is 1. The van der Waals surface area contributed by atoms with E-state index in [2.05, 4.69) is 18.8 Å². The second-order valence-corrected chi connectivity index (χ2v) is 8.55. The van der Waals surface area contributed by atoms with E-state index in [0.717, 1.165) is 17.4 Å². The quantitative estimate of drug-likeness (QED) is 0.647. The molecule has 0 bridgehead atoms. The van der Waals surface area contributed by atoms with Gasteiger partial charge >= 0.3 is 0 Å². The molecule has 2 aliphatic rings. The Hall–Kier alpha value is -3.08. The number of para-hydroxylation sites is 1. The number of aromatic hydroxyl groups is 1. The third-order valence-electron chi connectivity index (χ3n) is 5.94. The van der Waals surface area contributed by atoms with Gasteiger partial charge in [0.05, 0.1) is 6.04 Å². The number of hydrogen-bond donors (Lipinski definition) is 1. The molecule has 2 atom stereocenters. The molecular formula is C24H24N2O3. The molecule has 1 aliphatic heterocycles. The van der Waals surface area contributed by atoms with E-state index in [-0.39, 0.29) is 23.3 Å². The minimum atomic E-state index is 0.138. The highest BCUT2D eigenvalue weighted by Crippen LogP contribution is 2.42. The highest BCUT2D eigenvalue weighted by atomic mass is 16.5. The van der Waals surface area contributed by atoms with Crippen LogP contribution in [0.3, 0.4) is 0 Å². The van der Waals surface area contributed by atoms with E-state index in [1.807, 2.05) is 36.4 Å². The highest BCUT2D eigenvalue weighted by Gasteiger charge is 2.45. The molecule has 5 nitrogen and oxygen atoms in total. The van der Waals surface area contributed by atoms with Crippen molar-refractivity contribution in [2.45, 2.75) is 45.3 Å². The molecule has 0 spiro atoms. The number of nitrogens with zero attached hydrogens (tertiary/aromatic N) is 2. The van der Waals surface area contributed by atoms with E-state index < -0.39 is 0 Å². The van der Waals surface area contributed by atoms with Gasteiger partial charge in [-0.2, -0.15) is 0 Å². The standard InChI is InChI=1S/C24H24N2O3/c1-24(2)13-5-9-18-22(24)29-23(25-18)16-7-3-8-17(14-16)28-20-12-11-15-6-4-10-19(27)21(15)26-20/h3-4,6-8,10-12,14,18,22,27H,5,9,13H2,1-2H3/t18-,22-/m0/s1. The number of fused-ring (bicyclic) bond motifs is 2. The molecule has 1 N–H and O–H groups in total. The van der Waals surface area contributed by atoms with Crippen molar-refractivity contribution in [3.8, 4) is 17.4 Å². The van der Waals surface area contributed by atoms with Crippen LogP contribution in [0.25, 0.3) is 10.9 Å². The Morgan fingerprint density at radius 2 is 1.97 bits per heavy atom. The molecule has 5 rings (SSSR count). The van der Waals surface area contributed by atoms with Gasteiger partial charge in [-0.25, -0.2) is 9.98 Å².